The van der Waals surface area contributed by atoms with Crippen LogP contribution in [-0.2, 0) is 27.8 Å². The lowest BCUT2D eigenvalue weighted by atomic mass is 9.96. The van der Waals surface area contributed by atoms with Crippen molar-refractivity contribution in [3.05, 3.63) is 10.4 Å². The van der Waals surface area contributed by atoms with Crippen LogP contribution in [-0.4, -0.2) is 77.3 Å². The normalized spacial score (nSPS) is 38.6. The fourth-order valence-corrected chi connectivity index (χ4v) is 3.95. The molecule has 2 aliphatic heterocycles. The van der Waals surface area contributed by atoms with Crippen LogP contribution in [0.1, 0.15) is 12.8 Å². The van der Waals surface area contributed by atoms with E-state index in [0.29, 0.717) is 12.8 Å². The molecule has 0 spiro atoms. The van der Waals surface area contributed by atoms with Gasteiger partial charge in [-0.1, -0.05) is 5.11 Å². The van der Waals surface area contributed by atoms with Crippen LogP contribution in [0.5, 0.6) is 0 Å². The number of methoxy groups -OCH3 is 1. The van der Waals surface area contributed by atoms with Gasteiger partial charge in [-0.2, -0.15) is 0 Å². The molecule has 24 heavy (non-hydrogen) atoms. The number of rotatable bonds is 8. The summed E-state index contributed by atoms with van der Waals surface area (Å²) in [6.45, 7) is -0.0821. The van der Waals surface area contributed by atoms with Gasteiger partial charge in [0.1, 0.15) is 21.8 Å². The Labute approximate surface area is 142 Å². The fraction of sp³-hybridized carbons (Fsp3) is 1.00. The van der Waals surface area contributed by atoms with Crippen molar-refractivity contribution in [3.8, 4) is 0 Å². The van der Waals surface area contributed by atoms with Gasteiger partial charge >= 0.3 is 7.82 Å². The van der Waals surface area contributed by atoms with Crippen molar-refractivity contribution in [2.75, 3.05) is 20.3 Å². The summed E-state index contributed by atoms with van der Waals surface area (Å²) in [4.78, 5) is 12.6. The Morgan fingerprint density at radius 2 is 1.92 bits per heavy atom. The van der Waals surface area contributed by atoms with Crippen molar-refractivity contribution in [2.24, 2.45) is 5.11 Å². The van der Waals surface area contributed by atoms with Gasteiger partial charge in [-0.15, -0.1) is 0 Å². The van der Waals surface area contributed by atoms with Crippen molar-refractivity contribution in [3.63, 3.8) is 0 Å². The predicted octanol–water partition coefficient (Wildman–Crippen LogP) is -0.690. The zero-order chi connectivity index (χ0) is 17.7. The van der Waals surface area contributed by atoms with Crippen molar-refractivity contribution in [1.82, 2.24) is 0 Å². The summed E-state index contributed by atoms with van der Waals surface area (Å²) >= 11 is 0. The van der Waals surface area contributed by atoms with Crippen LogP contribution in [0.25, 0.3) is 10.4 Å². The van der Waals surface area contributed by atoms with E-state index in [1.807, 2.05) is 15.7 Å². The Balaban J connectivity index is 1.88. The van der Waals surface area contributed by atoms with Gasteiger partial charge in [-0.3, -0.25) is 9.05 Å². The topological polar surface area (TPSA) is 132 Å². The summed E-state index contributed by atoms with van der Waals surface area (Å²) in [5.41, 5.74) is 8.39. The maximum Gasteiger partial charge on any atom is 0.472 e. The molecule has 0 aromatic heterocycles. The van der Waals surface area contributed by atoms with Crippen LogP contribution in [0.3, 0.4) is 0 Å². The zero-order valence-corrected chi connectivity index (χ0v) is 14.9. The minimum atomic E-state index is -4.30. The number of hydrogen-bond acceptors (Lipinski definition) is 7. The first-order valence-corrected chi connectivity index (χ1v) is 9.34. The monoisotopic (exact) mass is 361 g/mol. The molecule has 0 aliphatic carbocycles. The largest absolute Gasteiger partial charge is 0.472 e. The second-order valence-electron chi connectivity index (χ2n) is 6.04. The minimum Gasteiger partial charge on any atom is -0.381 e. The molecular formula is C11H22B2N3O7P. The molecule has 2 rings (SSSR count). The smallest absolute Gasteiger partial charge is 0.381 e. The number of phosphoric ester groups is 1. The van der Waals surface area contributed by atoms with Gasteiger partial charge in [0.25, 0.3) is 0 Å². The van der Waals surface area contributed by atoms with Gasteiger partial charge < -0.3 is 19.1 Å². The standard InChI is InChI=1S/C11H22B2N3O7P/c1-19-6-2-10(12)22-9(6)5-20-24(17,18)23-7-3-11(13)21-8(7)4-15-16-14/h6-11H,2-5,12-13H2,1H3,(H,17,18)/t6?,7?,8-,9-,10-,11-/m1/s1. The van der Waals surface area contributed by atoms with Crippen molar-refractivity contribution < 1.29 is 32.7 Å². The molecule has 2 heterocycles. The number of nitrogens with zero attached hydrogens (tertiary/aromatic N) is 3. The molecule has 1 N–H and O–H groups in total. The lowest BCUT2D eigenvalue weighted by molar-refractivity contribution is -0.0278. The Bertz CT molecular complexity index is 524. The third kappa shape index (κ3) is 5.47. The molecule has 2 saturated heterocycles. The first-order chi connectivity index (χ1) is 11.3. The highest BCUT2D eigenvalue weighted by molar-refractivity contribution is 7.47. The molecular weight excluding hydrogens is 339 g/mol. The Morgan fingerprint density at radius 1 is 1.29 bits per heavy atom. The lowest BCUT2D eigenvalue weighted by Gasteiger charge is -2.22. The third-order valence-electron chi connectivity index (χ3n) is 4.07. The van der Waals surface area contributed by atoms with Gasteiger partial charge in [0.15, 0.2) is 0 Å². The molecule has 2 aliphatic rings. The number of ether oxygens (including phenoxy) is 3. The summed E-state index contributed by atoms with van der Waals surface area (Å²) in [6.07, 6.45) is -0.752. The minimum absolute atomic E-state index is 0.000137. The average molecular weight is 361 g/mol. The highest BCUT2D eigenvalue weighted by atomic mass is 31.2. The van der Waals surface area contributed by atoms with Crippen LogP contribution >= 0.6 is 7.82 Å². The molecule has 0 aromatic carbocycles. The molecule has 0 radical (unpaired) electrons. The van der Waals surface area contributed by atoms with E-state index in [1.54, 1.807) is 7.11 Å². The van der Waals surface area contributed by atoms with Crippen LogP contribution in [0, 0.1) is 0 Å². The quantitative estimate of drug-likeness (QED) is 0.199. The van der Waals surface area contributed by atoms with E-state index in [9.17, 15) is 9.46 Å². The summed E-state index contributed by atoms with van der Waals surface area (Å²) < 4.78 is 38.9. The fourth-order valence-electron chi connectivity index (χ4n) is 2.99. The Hall–Kier alpha value is -0.570. The molecule has 0 saturated carbocycles. The molecule has 134 valence electrons. The SMILES string of the molecule is B[C@H]1CC(OC)[C@@H](COP(=O)(O)OC2C[C@H](B)O[C@@H]2CN=[N+]=[N-])O1. The first-order valence-electron chi connectivity index (χ1n) is 7.85. The van der Waals surface area contributed by atoms with Crippen LogP contribution in [0.4, 0.5) is 0 Å². The third-order valence-corrected chi connectivity index (χ3v) is 5.08. The summed E-state index contributed by atoms with van der Waals surface area (Å²) in [5, 5.41) is 3.43. The second kappa shape index (κ2) is 8.69. The van der Waals surface area contributed by atoms with Crippen molar-refractivity contribution in [1.29, 1.82) is 0 Å². The van der Waals surface area contributed by atoms with E-state index in [2.05, 4.69) is 10.0 Å². The van der Waals surface area contributed by atoms with E-state index in [1.165, 1.54) is 0 Å². The zero-order valence-electron chi connectivity index (χ0n) is 14.0. The van der Waals surface area contributed by atoms with E-state index in [0.717, 1.165) is 0 Å². The Kier molecular flexibility index (Phi) is 7.15. The summed E-state index contributed by atoms with van der Waals surface area (Å²) in [6, 6.07) is -0.161. The molecule has 7 atom stereocenters. The maximum absolute atomic E-state index is 12.2. The number of phosphoric acid groups is 1. The molecule has 10 nitrogen and oxygen atoms in total. The highest BCUT2D eigenvalue weighted by Crippen LogP contribution is 2.47. The summed E-state index contributed by atoms with van der Waals surface area (Å²) in [5.74, 6) is 0. The van der Waals surface area contributed by atoms with E-state index < -0.39 is 26.1 Å². The molecule has 0 amide bonds. The van der Waals surface area contributed by atoms with Gasteiger partial charge in [0.05, 0.1) is 31.5 Å². The maximum atomic E-state index is 12.2. The molecule has 0 aromatic rings. The predicted molar refractivity (Wildman–Crippen MR) is 89.1 cm³/mol. The van der Waals surface area contributed by atoms with Gasteiger partial charge in [-0.25, -0.2) is 4.57 Å². The van der Waals surface area contributed by atoms with E-state index >= 15 is 0 Å². The number of hydrogen-bond donors (Lipinski definition) is 1. The highest BCUT2D eigenvalue weighted by Gasteiger charge is 2.40. The van der Waals surface area contributed by atoms with Crippen LogP contribution in [0.15, 0.2) is 5.11 Å². The van der Waals surface area contributed by atoms with Gasteiger partial charge in [0, 0.05) is 24.0 Å². The van der Waals surface area contributed by atoms with E-state index in [-0.39, 0.29) is 31.3 Å². The molecule has 13 heteroatoms. The lowest BCUT2D eigenvalue weighted by Crippen LogP contribution is -2.29. The molecule has 3 unspecified atom stereocenters. The van der Waals surface area contributed by atoms with Gasteiger partial charge in [-0.05, 0) is 18.4 Å². The summed E-state index contributed by atoms with van der Waals surface area (Å²) in [7, 11) is 0.977. The van der Waals surface area contributed by atoms with Crippen LogP contribution < -0.4 is 0 Å². The van der Waals surface area contributed by atoms with Crippen LogP contribution in [0.2, 0.25) is 0 Å². The molecule has 0 bridgehead atoms. The van der Waals surface area contributed by atoms with Gasteiger partial charge in [0.2, 0.25) is 0 Å². The first kappa shape index (κ1) is 19.8. The number of azide groups is 1. The van der Waals surface area contributed by atoms with Crippen molar-refractivity contribution in [2.45, 2.75) is 49.3 Å². The Morgan fingerprint density at radius 3 is 2.54 bits per heavy atom. The molecule has 2 fully saturated rings. The second-order valence-corrected chi connectivity index (χ2v) is 7.44. The van der Waals surface area contributed by atoms with E-state index in [4.69, 9.17) is 28.8 Å². The average Bonchev–Trinajstić information content (AvgIpc) is 3.04. The van der Waals surface area contributed by atoms with Crippen molar-refractivity contribution >= 4 is 23.5 Å².